The predicted octanol–water partition coefficient (Wildman–Crippen LogP) is 1.81. The number of halogens is 1. The van der Waals surface area contributed by atoms with E-state index in [0.29, 0.717) is 10.6 Å². The van der Waals surface area contributed by atoms with Crippen LogP contribution in [-0.2, 0) is 51.2 Å². The van der Waals surface area contributed by atoms with Crippen LogP contribution < -0.4 is 21.9 Å². The van der Waals surface area contributed by atoms with Crippen molar-refractivity contribution in [2.24, 2.45) is 16.0 Å². The first-order valence-corrected chi connectivity index (χ1v) is 20.8. The maximum atomic E-state index is 13.0. The molecule has 0 spiro atoms. The summed E-state index contributed by atoms with van der Waals surface area (Å²) in [6.07, 6.45) is 0. The molecule has 0 saturated heterocycles. The number of carbonyl (C=O) groups is 1. The summed E-state index contributed by atoms with van der Waals surface area (Å²) < 4.78 is 129. The fourth-order valence-electron chi connectivity index (χ4n) is 4.59. The van der Waals surface area contributed by atoms with E-state index in [2.05, 4.69) is 40.0 Å². The van der Waals surface area contributed by atoms with Gasteiger partial charge in [0.1, 0.15) is 21.0 Å². The molecule has 0 radical (unpaired) electrons. The first-order valence-electron chi connectivity index (χ1n) is 14.5. The molecular weight excluding hydrogens is 842 g/mol. The summed E-state index contributed by atoms with van der Waals surface area (Å²) in [6, 6.07) is 5.63. The van der Waals surface area contributed by atoms with E-state index in [1.807, 2.05) is 0 Å². The van der Waals surface area contributed by atoms with E-state index in [-0.39, 0.29) is 34.7 Å². The van der Waals surface area contributed by atoms with Crippen LogP contribution in [-0.4, -0.2) is 90.2 Å². The lowest BCUT2D eigenvalue weighted by Crippen LogP contribution is -2.25. The van der Waals surface area contributed by atoms with Gasteiger partial charge in [-0.25, -0.2) is 12.6 Å². The van der Waals surface area contributed by atoms with Gasteiger partial charge in [-0.05, 0) is 61.8 Å². The molecule has 0 aliphatic carbocycles. The number of primary amides is 1. The lowest BCUT2D eigenvalue weighted by molar-refractivity contribution is 0.0995. The minimum atomic E-state index is -5.35. The Bertz CT molecular complexity index is 2750. The Labute approximate surface area is 315 Å². The van der Waals surface area contributed by atoms with Crippen molar-refractivity contribution in [1.29, 1.82) is 0 Å². The normalized spacial score (nSPS) is 12.5. The third kappa shape index (κ3) is 10.3. The quantitative estimate of drug-likeness (QED) is 0.0661. The van der Waals surface area contributed by atoms with Crippen molar-refractivity contribution < 1.29 is 61.4 Å². The molecule has 1 amide bonds. The van der Waals surface area contributed by atoms with Crippen molar-refractivity contribution >= 4 is 92.6 Å². The van der Waals surface area contributed by atoms with Gasteiger partial charge in [0.2, 0.25) is 23.1 Å². The maximum absolute atomic E-state index is 13.0. The Hall–Kier alpha value is -5.20. The number of nitrogens with zero attached hydrogens (tertiary/aromatic N) is 6. The van der Waals surface area contributed by atoms with Gasteiger partial charge in [-0.15, -0.1) is 10.2 Å². The third-order valence-corrected chi connectivity index (χ3v) is 11.1. The summed E-state index contributed by atoms with van der Waals surface area (Å²) in [6.45, 7) is 1.56. The molecule has 296 valence electrons. The third-order valence-electron chi connectivity index (χ3n) is 7.00. The Kier molecular flexibility index (Phi) is 12.3. The smallest absolute Gasteiger partial charge is 0.397 e. The van der Waals surface area contributed by atoms with Gasteiger partial charge in [0.25, 0.3) is 31.7 Å². The standard InChI is InChI=1S/C26H26ClN9O15S4/c1-3-36-22(38)19(21(28)37)12(2)20(23(36)39)35-34-16-10-15(17(53(42,43)44)11-18(16)54(45,46)47)30-26-32-24(27)31-25(33-26)29-13-4-6-14(7-5-13)52(40,41)9-8-51-55(48,49)50/h4-7,10-11,38H,3,8-9H2,1-2H3,(H2,28,37)(H,42,43,44)(H,45,46,47)(H,48,49,50)(H2,29,30,31,32,33). The van der Waals surface area contributed by atoms with Gasteiger partial charge < -0.3 is 21.5 Å². The highest BCUT2D eigenvalue weighted by Gasteiger charge is 2.27. The fraction of sp³-hybridized carbons (Fsp3) is 0.192. The van der Waals surface area contributed by atoms with Crippen molar-refractivity contribution in [3.8, 4) is 5.88 Å². The van der Waals surface area contributed by atoms with Crippen LogP contribution in [0, 0.1) is 6.92 Å². The summed E-state index contributed by atoms with van der Waals surface area (Å²) in [5, 5.41) is 22.3. The van der Waals surface area contributed by atoms with Gasteiger partial charge in [0.05, 0.1) is 22.9 Å². The van der Waals surface area contributed by atoms with Crippen molar-refractivity contribution in [1.82, 2.24) is 19.5 Å². The molecule has 4 aromatic rings. The fourth-order valence-corrected chi connectivity index (χ4v) is 7.59. The van der Waals surface area contributed by atoms with Crippen molar-refractivity contribution in [2.45, 2.75) is 35.1 Å². The molecule has 2 aromatic heterocycles. The summed E-state index contributed by atoms with van der Waals surface area (Å²) in [4.78, 5) is 34.0. The van der Waals surface area contributed by atoms with Crippen molar-refractivity contribution in [3.05, 3.63) is 63.2 Å². The largest absolute Gasteiger partial charge is 0.494 e. The molecule has 0 atom stereocenters. The summed E-state index contributed by atoms with van der Waals surface area (Å²) in [5.74, 6) is -3.64. The summed E-state index contributed by atoms with van der Waals surface area (Å²) in [7, 11) is -19.6. The van der Waals surface area contributed by atoms with Crippen LogP contribution in [0.15, 0.2) is 66.1 Å². The van der Waals surface area contributed by atoms with E-state index >= 15 is 0 Å². The Balaban J connectivity index is 1.76. The molecule has 2 aromatic carbocycles. The number of nitrogens with one attached hydrogen (secondary N) is 2. The van der Waals surface area contributed by atoms with Gasteiger partial charge in [-0.3, -0.25) is 27.8 Å². The number of aromatic hydroxyl groups is 1. The molecule has 8 N–H and O–H groups in total. The number of pyridine rings is 1. The lowest BCUT2D eigenvalue weighted by atomic mass is 10.1. The average molecular weight is 868 g/mol. The lowest BCUT2D eigenvalue weighted by Gasteiger charge is -2.14. The van der Waals surface area contributed by atoms with Crippen LogP contribution in [0.2, 0.25) is 5.28 Å². The van der Waals surface area contributed by atoms with E-state index < -0.39 is 114 Å². The Morgan fingerprint density at radius 1 is 0.909 bits per heavy atom. The number of benzene rings is 2. The van der Waals surface area contributed by atoms with Crippen LogP contribution in [0.4, 0.5) is 34.6 Å². The van der Waals surface area contributed by atoms with Crippen LogP contribution in [0.1, 0.15) is 22.8 Å². The number of anilines is 4. The molecule has 0 aliphatic rings. The van der Waals surface area contributed by atoms with Crippen LogP contribution >= 0.6 is 11.6 Å². The highest BCUT2D eigenvalue weighted by Crippen LogP contribution is 2.36. The van der Waals surface area contributed by atoms with Crippen LogP contribution in [0.25, 0.3) is 0 Å². The predicted molar refractivity (Wildman–Crippen MR) is 189 cm³/mol. The molecule has 2 heterocycles. The number of nitrogens with two attached hydrogens (primary N) is 1. The molecular formula is C26H26ClN9O15S4. The molecule has 0 aliphatic heterocycles. The number of hydrogen-bond acceptors (Lipinski definition) is 19. The monoisotopic (exact) mass is 867 g/mol. The SMILES string of the molecule is CCn1c(O)c(C(N)=O)c(C)c(N=Nc2cc(Nc3nc(Cl)nc(Nc4ccc(S(=O)(=O)CCOS(=O)(=O)O)cc4)n3)c(S(=O)(=O)O)cc2S(=O)(=O)O)c1=O. The summed E-state index contributed by atoms with van der Waals surface area (Å²) >= 11 is 6.02. The van der Waals surface area contributed by atoms with E-state index in [9.17, 15) is 57.5 Å². The first kappa shape index (κ1) is 42.5. The molecule has 24 nitrogen and oxygen atoms in total. The maximum Gasteiger partial charge on any atom is 0.397 e. The minimum Gasteiger partial charge on any atom is -0.494 e. The molecule has 29 heteroatoms. The Morgan fingerprint density at radius 3 is 2.02 bits per heavy atom. The first-order chi connectivity index (χ1) is 25.3. The van der Waals surface area contributed by atoms with Crippen LogP contribution in [0.3, 0.4) is 0 Å². The topological polar surface area (TPSA) is 379 Å². The second-order valence-electron chi connectivity index (χ2n) is 10.6. The number of sulfone groups is 1. The highest BCUT2D eigenvalue weighted by molar-refractivity contribution is 7.91. The van der Waals surface area contributed by atoms with E-state index in [4.69, 9.17) is 21.9 Å². The molecule has 0 bridgehead atoms. The second-order valence-corrected chi connectivity index (χ2v) is 17.0. The number of hydrogen-bond donors (Lipinski definition) is 7. The highest BCUT2D eigenvalue weighted by atomic mass is 35.5. The number of rotatable bonds is 15. The van der Waals surface area contributed by atoms with Gasteiger partial charge in [-0.1, -0.05) is 0 Å². The zero-order valence-electron chi connectivity index (χ0n) is 27.6. The van der Waals surface area contributed by atoms with Gasteiger partial charge in [0.15, 0.2) is 15.5 Å². The zero-order chi connectivity index (χ0) is 41.3. The van der Waals surface area contributed by atoms with Crippen LogP contribution in [0.5, 0.6) is 5.88 Å². The summed E-state index contributed by atoms with van der Waals surface area (Å²) in [5.41, 5.74) is 1.54. The van der Waals surface area contributed by atoms with Gasteiger partial charge >= 0.3 is 10.4 Å². The molecule has 4 rings (SSSR count). The van der Waals surface area contributed by atoms with E-state index in [1.165, 1.54) is 26.0 Å². The van der Waals surface area contributed by atoms with Gasteiger partial charge in [-0.2, -0.15) is 40.2 Å². The average Bonchev–Trinajstić information content (AvgIpc) is 3.03. The molecule has 0 unspecified atom stereocenters. The molecule has 0 fully saturated rings. The molecule has 0 saturated carbocycles. The van der Waals surface area contributed by atoms with Crippen molar-refractivity contribution in [2.75, 3.05) is 23.0 Å². The number of azo groups is 1. The van der Waals surface area contributed by atoms with E-state index in [0.717, 1.165) is 12.1 Å². The van der Waals surface area contributed by atoms with Gasteiger partial charge in [0, 0.05) is 17.8 Å². The van der Waals surface area contributed by atoms with Crippen molar-refractivity contribution in [3.63, 3.8) is 0 Å². The zero-order valence-corrected chi connectivity index (χ0v) is 31.7. The van der Waals surface area contributed by atoms with E-state index in [1.54, 1.807) is 0 Å². The number of aromatic nitrogens is 4. The second kappa shape index (κ2) is 15.9. The Morgan fingerprint density at radius 2 is 1.49 bits per heavy atom. The molecule has 55 heavy (non-hydrogen) atoms. The minimum absolute atomic E-state index is 0.145. The number of carbonyl (C=O) groups excluding carboxylic acids is 1. The number of amides is 1.